The number of thiazole rings is 1. The molecule has 0 aliphatic heterocycles. The van der Waals surface area contributed by atoms with E-state index < -0.39 is 0 Å². The number of hydrogen-bond donors (Lipinski definition) is 1. The van der Waals surface area contributed by atoms with Crippen LogP contribution >= 0.6 is 11.3 Å². The molecule has 0 aliphatic rings. The van der Waals surface area contributed by atoms with Gasteiger partial charge in [-0.25, -0.2) is 4.98 Å². The van der Waals surface area contributed by atoms with Crippen LogP contribution in [0.4, 0.5) is 5.00 Å². The zero-order chi connectivity index (χ0) is 13.2. The zero-order valence-electron chi connectivity index (χ0n) is 10.6. The smallest absolute Gasteiger partial charge is 0.126 e. The second-order valence-corrected chi connectivity index (χ2v) is 5.21. The second kappa shape index (κ2) is 4.85. The molecule has 2 N–H and O–H groups in total. The maximum absolute atomic E-state index is 6.08. The maximum atomic E-state index is 6.08. The Morgan fingerprint density at radius 2 is 2.00 bits per heavy atom. The monoisotopic (exact) mass is 270 g/mol. The highest BCUT2D eigenvalue weighted by atomic mass is 32.1. The zero-order valence-corrected chi connectivity index (χ0v) is 11.4. The van der Waals surface area contributed by atoms with Crippen molar-refractivity contribution in [3.63, 3.8) is 0 Å². The molecule has 0 aliphatic carbocycles. The van der Waals surface area contributed by atoms with Gasteiger partial charge in [-0.2, -0.15) is 5.10 Å². The Kier molecular flexibility index (Phi) is 3.05. The van der Waals surface area contributed by atoms with Crippen LogP contribution in [0.15, 0.2) is 42.7 Å². The van der Waals surface area contributed by atoms with Crippen LogP contribution in [0, 0.1) is 0 Å². The summed E-state index contributed by atoms with van der Waals surface area (Å²) in [4.78, 5) is 4.64. The molecule has 3 aromatic rings. The normalized spacial score (nSPS) is 10.8. The number of nitrogens with two attached hydrogens (primary N) is 1. The summed E-state index contributed by atoms with van der Waals surface area (Å²) in [6.45, 7) is 2.90. The molecule has 0 saturated heterocycles. The lowest BCUT2D eigenvalue weighted by Crippen LogP contribution is -1.92. The highest BCUT2D eigenvalue weighted by molar-refractivity contribution is 7.19. The van der Waals surface area contributed by atoms with Gasteiger partial charge in [-0.05, 0) is 6.92 Å². The summed E-state index contributed by atoms with van der Waals surface area (Å²) in [6, 6.07) is 10.1. The first-order valence-corrected chi connectivity index (χ1v) is 6.94. The summed E-state index contributed by atoms with van der Waals surface area (Å²) >= 11 is 1.51. The van der Waals surface area contributed by atoms with Crippen LogP contribution in [-0.4, -0.2) is 14.8 Å². The van der Waals surface area contributed by atoms with Gasteiger partial charge in [0.05, 0.1) is 6.20 Å². The third-order valence-electron chi connectivity index (χ3n) is 2.90. The molecule has 0 amide bonds. The lowest BCUT2D eigenvalue weighted by Gasteiger charge is -1.94. The van der Waals surface area contributed by atoms with Crippen molar-refractivity contribution in [3.8, 4) is 21.8 Å². The molecular formula is C14H14N4S. The topological polar surface area (TPSA) is 56.7 Å². The van der Waals surface area contributed by atoms with E-state index in [4.69, 9.17) is 5.73 Å². The molecular weight excluding hydrogens is 256 g/mol. The summed E-state index contributed by atoms with van der Waals surface area (Å²) in [6.07, 6.45) is 3.78. The molecule has 0 spiro atoms. The summed E-state index contributed by atoms with van der Waals surface area (Å²) in [5, 5.41) is 5.93. The molecule has 0 saturated carbocycles. The fraction of sp³-hybridized carbons (Fsp3) is 0.143. The molecule has 19 heavy (non-hydrogen) atoms. The number of aryl methyl sites for hydroxylation is 1. The number of hydrogen-bond acceptors (Lipinski definition) is 4. The molecule has 0 fully saturated rings. The predicted molar refractivity (Wildman–Crippen MR) is 78.9 cm³/mol. The average molecular weight is 270 g/mol. The molecule has 4 nitrogen and oxygen atoms in total. The molecule has 0 atom stereocenters. The van der Waals surface area contributed by atoms with E-state index in [0.29, 0.717) is 0 Å². The van der Waals surface area contributed by atoms with Crippen molar-refractivity contribution in [3.05, 3.63) is 42.7 Å². The first-order chi connectivity index (χ1) is 9.28. The van der Waals surface area contributed by atoms with Crippen molar-refractivity contribution in [2.45, 2.75) is 13.5 Å². The standard InChI is InChI=1S/C14H14N4S/c1-2-18-9-11(8-16-18)12-13(15)19-14(17-12)10-6-4-3-5-7-10/h3-9H,2,15H2,1H3. The molecule has 2 aromatic heterocycles. The van der Waals surface area contributed by atoms with Gasteiger partial charge in [0.15, 0.2) is 0 Å². The lowest BCUT2D eigenvalue weighted by atomic mass is 10.2. The number of rotatable bonds is 3. The minimum atomic E-state index is 0.731. The van der Waals surface area contributed by atoms with Crippen LogP contribution in [0.2, 0.25) is 0 Å². The van der Waals surface area contributed by atoms with Crippen molar-refractivity contribution in [2.24, 2.45) is 0 Å². The third kappa shape index (κ3) is 2.24. The molecule has 5 heteroatoms. The SMILES string of the molecule is CCn1cc(-c2nc(-c3ccccc3)sc2N)cn1. The van der Waals surface area contributed by atoms with Crippen LogP contribution < -0.4 is 5.73 Å². The maximum Gasteiger partial charge on any atom is 0.126 e. The van der Waals surface area contributed by atoms with Gasteiger partial charge >= 0.3 is 0 Å². The fourth-order valence-electron chi connectivity index (χ4n) is 1.90. The van der Waals surface area contributed by atoms with E-state index in [2.05, 4.69) is 17.0 Å². The van der Waals surface area contributed by atoms with Crippen LogP contribution in [0.3, 0.4) is 0 Å². The fourth-order valence-corrected chi connectivity index (χ4v) is 2.76. The number of nitrogens with zero attached hydrogens (tertiary/aromatic N) is 3. The van der Waals surface area contributed by atoms with Crippen LogP contribution in [-0.2, 0) is 6.54 Å². The second-order valence-electron chi connectivity index (χ2n) is 4.18. The minimum Gasteiger partial charge on any atom is -0.389 e. The molecule has 1 aromatic carbocycles. The number of benzene rings is 1. The average Bonchev–Trinajstić information content (AvgIpc) is 3.06. The van der Waals surface area contributed by atoms with Crippen LogP contribution in [0.5, 0.6) is 0 Å². The molecule has 3 rings (SSSR count). The van der Waals surface area contributed by atoms with Gasteiger partial charge in [-0.1, -0.05) is 41.7 Å². The first kappa shape index (κ1) is 11.9. The highest BCUT2D eigenvalue weighted by Gasteiger charge is 2.13. The number of nitrogen functional groups attached to an aromatic ring is 1. The summed E-state index contributed by atoms with van der Waals surface area (Å²) in [5.74, 6) is 0. The molecule has 0 radical (unpaired) electrons. The Balaban J connectivity index is 2.02. The van der Waals surface area contributed by atoms with E-state index in [1.54, 1.807) is 0 Å². The van der Waals surface area contributed by atoms with E-state index in [0.717, 1.165) is 33.4 Å². The number of aromatic nitrogens is 3. The van der Waals surface area contributed by atoms with Gasteiger partial charge in [0, 0.05) is 23.9 Å². The highest BCUT2D eigenvalue weighted by Crippen LogP contribution is 2.35. The van der Waals surface area contributed by atoms with Crippen molar-refractivity contribution in [2.75, 3.05) is 5.73 Å². The van der Waals surface area contributed by atoms with E-state index in [1.807, 2.05) is 47.4 Å². The van der Waals surface area contributed by atoms with Gasteiger partial charge in [0.25, 0.3) is 0 Å². The van der Waals surface area contributed by atoms with Gasteiger partial charge in [0.2, 0.25) is 0 Å². The van der Waals surface area contributed by atoms with Crippen LogP contribution in [0.1, 0.15) is 6.92 Å². The minimum absolute atomic E-state index is 0.731. The lowest BCUT2D eigenvalue weighted by molar-refractivity contribution is 0.660. The molecule has 2 heterocycles. The summed E-state index contributed by atoms with van der Waals surface area (Å²) in [5.41, 5.74) is 8.96. The summed E-state index contributed by atoms with van der Waals surface area (Å²) < 4.78 is 1.87. The Labute approximate surface area is 115 Å². The van der Waals surface area contributed by atoms with Gasteiger partial charge < -0.3 is 5.73 Å². The third-order valence-corrected chi connectivity index (χ3v) is 3.84. The van der Waals surface area contributed by atoms with E-state index >= 15 is 0 Å². The van der Waals surface area contributed by atoms with Crippen molar-refractivity contribution in [1.29, 1.82) is 0 Å². The Hall–Kier alpha value is -2.14. The first-order valence-electron chi connectivity index (χ1n) is 6.12. The Morgan fingerprint density at radius 1 is 1.21 bits per heavy atom. The molecule has 0 bridgehead atoms. The van der Waals surface area contributed by atoms with Crippen molar-refractivity contribution < 1.29 is 0 Å². The predicted octanol–water partition coefficient (Wildman–Crippen LogP) is 3.28. The van der Waals surface area contributed by atoms with Gasteiger partial charge in [-0.3, -0.25) is 4.68 Å². The molecule has 0 unspecified atom stereocenters. The Bertz CT molecular complexity index is 685. The molecule has 96 valence electrons. The van der Waals surface area contributed by atoms with E-state index in [9.17, 15) is 0 Å². The van der Waals surface area contributed by atoms with E-state index in [1.165, 1.54) is 11.3 Å². The largest absolute Gasteiger partial charge is 0.389 e. The van der Waals surface area contributed by atoms with Crippen molar-refractivity contribution in [1.82, 2.24) is 14.8 Å². The Morgan fingerprint density at radius 3 is 2.68 bits per heavy atom. The van der Waals surface area contributed by atoms with Gasteiger partial charge in [0.1, 0.15) is 15.7 Å². The summed E-state index contributed by atoms with van der Waals surface area (Å²) in [7, 11) is 0. The van der Waals surface area contributed by atoms with Gasteiger partial charge in [-0.15, -0.1) is 0 Å². The quantitative estimate of drug-likeness (QED) is 0.794. The number of anilines is 1. The van der Waals surface area contributed by atoms with Crippen molar-refractivity contribution >= 4 is 16.3 Å². The van der Waals surface area contributed by atoms with E-state index in [-0.39, 0.29) is 0 Å². The van der Waals surface area contributed by atoms with Crippen LogP contribution in [0.25, 0.3) is 21.8 Å².